The molecule has 0 saturated carbocycles. The lowest BCUT2D eigenvalue weighted by Gasteiger charge is -2.11. The summed E-state index contributed by atoms with van der Waals surface area (Å²) < 4.78 is 0.236. The van der Waals surface area contributed by atoms with Crippen LogP contribution in [-0.4, -0.2) is 4.75 Å². The molecule has 0 radical (unpaired) electrons. The number of rotatable bonds is 0. The fraction of sp³-hybridized carbons (Fsp3) is 1.00. The highest BCUT2D eigenvalue weighted by molar-refractivity contribution is 7.98. The van der Waals surface area contributed by atoms with Crippen molar-refractivity contribution in [3.05, 3.63) is 0 Å². The maximum absolute atomic E-state index is 5.22. The van der Waals surface area contributed by atoms with Crippen molar-refractivity contribution < 1.29 is 0 Å². The van der Waals surface area contributed by atoms with E-state index >= 15 is 0 Å². The molecular formula is C8H21NS. The van der Waals surface area contributed by atoms with Crippen LogP contribution in [0.5, 0.6) is 0 Å². The zero-order chi connectivity index (χ0) is 8.78. The van der Waals surface area contributed by atoms with Crippen LogP contribution in [0.2, 0.25) is 0 Å². The number of hydrogen-bond donors (Lipinski definition) is 1. The third kappa shape index (κ3) is 40.5. The van der Waals surface area contributed by atoms with Crippen LogP contribution in [0.25, 0.3) is 0 Å². The Labute approximate surface area is 69.9 Å². The average Bonchev–Trinajstić information content (AvgIpc) is 1.63. The molecule has 0 atom stereocenters. The standard InChI is InChI=1S/C4H11NS.C4H10/c1-4(2,3)6-5;1-4(2)3/h5H2,1-3H3;4H,1-3H3. The van der Waals surface area contributed by atoms with E-state index in [0.29, 0.717) is 0 Å². The molecule has 0 aromatic rings. The summed E-state index contributed by atoms with van der Waals surface area (Å²) in [6.07, 6.45) is 0. The molecule has 0 aromatic heterocycles. The molecule has 0 bridgehead atoms. The van der Waals surface area contributed by atoms with Gasteiger partial charge in [0.2, 0.25) is 0 Å². The molecule has 0 heterocycles. The van der Waals surface area contributed by atoms with Gasteiger partial charge in [0.05, 0.1) is 0 Å². The summed E-state index contributed by atoms with van der Waals surface area (Å²) in [7, 11) is 0. The second-order valence-electron chi connectivity index (χ2n) is 3.96. The van der Waals surface area contributed by atoms with Gasteiger partial charge in [0.15, 0.2) is 0 Å². The van der Waals surface area contributed by atoms with Gasteiger partial charge in [0.1, 0.15) is 0 Å². The van der Waals surface area contributed by atoms with Crippen molar-refractivity contribution in [3.8, 4) is 0 Å². The van der Waals surface area contributed by atoms with E-state index in [0.717, 1.165) is 5.92 Å². The zero-order valence-corrected chi connectivity index (χ0v) is 8.88. The van der Waals surface area contributed by atoms with E-state index in [9.17, 15) is 0 Å². The third-order valence-electron chi connectivity index (χ3n) is 0.354. The van der Waals surface area contributed by atoms with Crippen molar-refractivity contribution in [1.82, 2.24) is 0 Å². The van der Waals surface area contributed by atoms with E-state index in [2.05, 4.69) is 41.5 Å². The minimum absolute atomic E-state index is 0.236. The van der Waals surface area contributed by atoms with Gasteiger partial charge in [-0.3, -0.25) is 5.14 Å². The summed E-state index contributed by atoms with van der Waals surface area (Å²) >= 11 is 1.38. The van der Waals surface area contributed by atoms with Crippen molar-refractivity contribution in [2.24, 2.45) is 11.1 Å². The van der Waals surface area contributed by atoms with E-state index < -0.39 is 0 Å². The van der Waals surface area contributed by atoms with Crippen molar-refractivity contribution >= 4 is 11.9 Å². The highest BCUT2D eigenvalue weighted by Crippen LogP contribution is 2.15. The largest absolute Gasteiger partial charge is 0.277 e. The van der Waals surface area contributed by atoms with Gasteiger partial charge >= 0.3 is 0 Å². The monoisotopic (exact) mass is 163 g/mol. The first kappa shape index (κ1) is 12.9. The first-order chi connectivity index (χ1) is 4.29. The first-order valence-electron chi connectivity index (χ1n) is 3.67. The van der Waals surface area contributed by atoms with Crippen LogP contribution in [0.4, 0.5) is 0 Å². The van der Waals surface area contributed by atoms with Gasteiger partial charge in [-0.05, 0) is 26.7 Å². The van der Waals surface area contributed by atoms with Crippen LogP contribution in [-0.2, 0) is 0 Å². The van der Waals surface area contributed by atoms with E-state index in [1.807, 2.05) is 0 Å². The maximum Gasteiger partial charge on any atom is 0.0218 e. The SMILES string of the molecule is CC(C)(C)SN.CC(C)C. The molecule has 0 aliphatic rings. The summed E-state index contributed by atoms with van der Waals surface area (Å²) in [5, 5.41) is 5.22. The second kappa shape index (κ2) is 6.05. The summed E-state index contributed by atoms with van der Waals surface area (Å²) in [6.45, 7) is 12.7. The molecular weight excluding hydrogens is 142 g/mol. The van der Waals surface area contributed by atoms with Gasteiger partial charge in [-0.15, -0.1) is 0 Å². The summed E-state index contributed by atoms with van der Waals surface area (Å²) in [5.74, 6) is 0.833. The molecule has 2 heteroatoms. The Bertz CT molecular complexity index is 61.4. The van der Waals surface area contributed by atoms with Crippen molar-refractivity contribution in [1.29, 1.82) is 0 Å². The lowest BCUT2D eigenvalue weighted by atomic mass is 10.3. The number of hydrogen-bond acceptors (Lipinski definition) is 2. The quantitative estimate of drug-likeness (QED) is 0.555. The molecule has 0 aromatic carbocycles. The van der Waals surface area contributed by atoms with Gasteiger partial charge in [0.25, 0.3) is 0 Å². The molecule has 64 valence electrons. The molecule has 10 heavy (non-hydrogen) atoms. The van der Waals surface area contributed by atoms with Crippen LogP contribution < -0.4 is 5.14 Å². The molecule has 0 fully saturated rings. The number of nitrogens with two attached hydrogens (primary N) is 1. The Morgan fingerprint density at radius 2 is 1.20 bits per heavy atom. The van der Waals surface area contributed by atoms with Crippen LogP contribution >= 0.6 is 11.9 Å². The highest BCUT2D eigenvalue weighted by atomic mass is 32.2. The molecule has 0 aliphatic carbocycles. The van der Waals surface area contributed by atoms with E-state index in [1.165, 1.54) is 11.9 Å². The van der Waals surface area contributed by atoms with Gasteiger partial charge in [-0.25, -0.2) is 0 Å². The Kier molecular flexibility index (Phi) is 7.83. The third-order valence-corrected chi connectivity index (χ3v) is 1.06. The van der Waals surface area contributed by atoms with E-state index in [-0.39, 0.29) is 4.75 Å². The Hall–Kier alpha value is 0.310. The lowest BCUT2D eigenvalue weighted by Crippen LogP contribution is -2.09. The van der Waals surface area contributed by atoms with Crippen molar-refractivity contribution in [3.63, 3.8) is 0 Å². The topological polar surface area (TPSA) is 26.0 Å². The fourth-order valence-electron chi connectivity index (χ4n) is 0. The summed E-state index contributed by atoms with van der Waals surface area (Å²) in [5.41, 5.74) is 0. The molecule has 0 rings (SSSR count). The highest BCUT2D eigenvalue weighted by Gasteiger charge is 2.05. The molecule has 0 saturated heterocycles. The average molecular weight is 163 g/mol. The molecule has 0 spiro atoms. The van der Waals surface area contributed by atoms with Gasteiger partial charge in [-0.2, -0.15) is 0 Å². The normalized spacial score (nSPS) is 10.8. The molecule has 0 amide bonds. The summed E-state index contributed by atoms with van der Waals surface area (Å²) in [4.78, 5) is 0. The Morgan fingerprint density at radius 3 is 1.20 bits per heavy atom. The molecule has 0 aliphatic heterocycles. The van der Waals surface area contributed by atoms with Crippen LogP contribution in [0, 0.1) is 5.92 Å². The van der Waals surface area contributed by atoms with Crippen molar-refractivity contribution in [2.75, 3.05) is 0 Å². The van der Waals surface area contributed by atoms with E-state index in [1.54, 1.807) is 0 Å². The Morgan fingerprint density at radius 1 is 1.10 bits per heavy atom. The smallest absolute Gasteiger partial charge is 0.0218 e. The molecule has 1 nitrogen and oxygen atoms in total. The first-order valence-corrected chi connectivity index (χ1v) is 4.55. The fourth-order valence-corrected chi connectivity index (χ4v) is 0. The van der Waals surface area contributed by atoms with Crippen LogP contribution in [0.1, 0.15) is 41.5 Å². The van der Waals surface area contributed by atoms with Crippen LogP contribution in [0.3, 0.4) is 0 Å². The maximum atomic E-state index is 5.22. The minimum atomic E-state index is 0.236. The van der Waals surface area contributed by atoms with Gasteiger partial charge in [-0.1, -0.05) is 32.7 Å². The molecule has 2 N–H and O–H groups in total. The predicted octanol–water partition coefficient (Wildman–Crippen LogP) is 3.05. The van der Waals surface area contributed by atoms with E-state index in [4.69, 9.17) is 5.14 Å². The minimum Gasteiger partial charge on any atom is -0.277 e. The van der Waals surface area contributed by atoms with Crippen LogP contribution in [0.15, 0.2) is 0 Å². The zero-order valence-electron chi connectivity index (χ0n) is 8.06. The Balaban J connectivity index is 0. The predicted molar refractivity (Wildman–Crippen MR) is 52.0 cm³/mol. The van der Waals surface area contributed by atoms with Crippen molar-refractivity contribution in [2.45, 2.75) is 46.3 Å². The lowest BCUT2D eigenvalue weighted by molar-refractivity contribution is 0.737. The summed E-state index contributed by atoms with van der Waals surface area (Å²) in [6, 6.07) is 0. The van der Waals surface area contributed by atoms with Gasteiger partial charge in [0, 0.05) is 4.75 Å². The van der Waals surface area contributed by atoms with Gasteiger partial charge < -0.3 is 0 Å². The molecule has 0 unspecified atom stereocenters. The second-order valence-corrected chi connectivity index (χ2v) is 5.42.